The molecule has 0 spiro atoms. The van der Waals surface area contributed by atoms with Crippen LogP contribution in [0.5, 0.6) is 0 Å². The second-order valence-corrected chi connectivity index (χ2v) is 7.71. The summed E-state index contributed by atoms with van der Waals surface area (Å²) < 4.78 is 3.42. The van der Waals surface area contributed by atoms with Gasteiger partial charge in [-0.3, -0.25) is 10.1 Å². The second kappa shape index (κ2) is 7.21. The van der Waals surface area contributed by atoms with E-state index in [0.717, 1.165) is 24.7 Å². The van der Waals surface area contributed by atoms with Crippen molar-refractivity contribution in [1.29, 1.82) is 0 Å². The van der Waals surface area contributed by atoms with Gasteiger partial charge in [-0.2, -0.15) is 0 Å². The molecule has 21 heavy (non-hydrogen) atoms. The molecule has 0 fully saturated rings. The molecule has 0 amide bonds. The zero-order valence-electron chi connectivity index (χ0n) is 10.4. The van der Waals surface area contributed by atoms with Gasteiger partial charge < -0.3 is 5.32 Å². The van der Waals surface area contributed by atoms with E-state index in [9.17, 15) is 10.1 Å². The van der Waals surface area contributed by atoms with E-state index in [4.69, 9.17) is 0 Å². The number of rotatable bonds is 4. The Morgan fingerprint density at radius 2 is 1.52 bits per heavy atom. The van der Waals surface area contributed by atoms with Crippen molar-refractivity contribution in [1.82, 2.24) is 0 Å². The number of nitrogens with one attached hydrogen (secondary N) is 1. The first-order valence-corrected chi connectivity index (χ1v) is 8.86. The Hall–Kier alpha value is -0.440. The van der Waals surface area contributed by atoms with E-state index in [2.05, 4.69) is 69.0 Å². The second-order valence-electron chi connectivity index (χ2n) is 4.17. The third kappa shape index (κ3) is 4.51. The summed E-state index contributed by atoms with van der Waals surface area (Å²) in [5.74, 6) is 0. The Bertz CT molecular complexity index is 684. The Morgan fingerprint density at radius 1 is 0.952 bits per heavy atom. The van der Waals surface area contributed by atoms with Gasteiger partial charge in [-0.1, -0.05) is 31.9 Å². The number of hydrogen-bond donors (Lipinski definition) is 1. The molecular formula is C13H8Br4N2O2. The van der Waals surface area contributed by atoms with Crippen molar-refractivity contribution in [2.45, 2.75) is 6.54 Å². The molecule has 0 aliphatic heterocycles. The van der Waals surface area contributed by atoms with E-state index in [0.29, 0.717) is 11.0 Å². The molecule has 8 heteroatoms. The van der Waals surface area contributed by atoms with Gasteiger partial charge >= 0.3 is 0 Å². The maximum absolute atomic E-state index is 10.9. The Balaban J connectivity index is 2.23. The highest BCUT2D eigenvalue weighted by atomic mass is 79.9. The molecule has 0 aliphatic rings. The molecule has 0 heterocycles. The number of halogens is 4. The Labute approximate surface area is 155 Å². The van der Waals surface area contributed by atoms with Gasteiger partial charge in [-0.25, -0.2) is 0 Å². The molecule has 0 bridgehead atoms. The SMILES string of the molecule is O=[N+]([O-])c1cc(Br)cc(CNc2c(Br)cc(Br)cc2Br)c1. The van der Waals surface area contributed by atoms with Crippen LogP contribution in [0.25, 0.3) is 0 Å². The van der Waals surface area contributed by atoms with Crippen LogP contribution in [0.15, 0.2) is 48.2 Å². The molecule has 2 rings (SSSR count). The predicted octanol–water partition coefficient (Wildman–Crippen LogP) is 6.26. The van der Waals surface area contributed by atoms with Crippen LogP contribution in [-0.2, 0) is 6.54 Å². The van der Waals surface area contributed by atoms with Crippen molar-refractivity contribution in [2.75, 3.05) is 5.32 Å². The number of benzene rings is 2. The summed E-state index contributed by atoms with van der Waals surface area (Å²) in [6.45, 7) is 0.471. The van der Waals surface area contributed by atoms with Crippen LogP contribution in [0, 0.1) is 10.1 Å². The van der Waals surface area contributed by atoms with Gasteiger partial charge in [0.1, 0.15) is 0 Å². The lowest BCUT2D eigenvalue weighted by atomic mass is 10.2. The van der Waals surface area contributed by atoms with Crippen LogP contribution >= 0.6 is 63.7 Å². The van der Waals surface area contributed by atoms with Crippen molar-refractivity contribution in [3.63, 3.8) is 0 Å². The predicted molar refractivity (Wildman–Crippen MR) is 97.7 cm³/mol. The fraction of sp³-hybridized carbons (Fsp3) is 0.0769. The zero-order valence-corrected chi connectivity index (χ0v) is 16.7. The van der Waals surface area contributed by atoms with Crippen molar-refractivity contribution < 1.29 is 4.92 Å². The molecule has 110 valence electrons. The van der Waals surface area contributed by atoms with Crippen molar-refractivity contribution in [3.05, 3.63) is 63.9 Å². The van der Waals surface area contributed by atoms with Gasteiger partial charge in [-0.15, -0.1) is 0 Å². The van der Waals surface area contributed by atoms with E-state index in [-0.39, 0.29) is 5.69 Å². The van der Waals surface area contributed by atoms with Crippen molar-refractivity contribution in [2.24, 2.45) is 0 Å². The molecular weight excluding hydrogens is 536 g/mol. The first-order valence-electron chi connectivity index (χ1n) is 5.69. The molecule has 2 aromatic rings. The minimum absolute atomic E-state index is 0.0649. The molecule has 0 aliphatic carbocycles. The van der Waals surface area contributed by atoms with E-state index in [1.165, 1.54) is 6.07 Å². The van der Waals surface area contributed by atoms with Gasteiger partial charge in [0.05, 0.1) is 10.6 Å². The summed E-state index contributed by atoms with van der Waals surface area (Å²) in [5.41, 5.74) is 1.77. The Morgan fingerprint density at radius 3 is 2.10 bits per heavy atom. The molecule has 0 unspecified atom stereocenters. The largest absolute Gasteiger partial charge is 0.379 e. The summed E-state index contributed by atoms with van der Waals surface area (Å²) in [7, 11) is 0. The zero-order chi connectivity index (χ0) is 15.6. The monoisotopic (exact) mass is 540 g/mol. The minimum Gasteiger partial charge on any atom is -0.379 e. The van der Waals surface area contributed by atoms with Crippen LogP contribution < -0.4 is 5.32 Å². The third-order valence-electron chi connectivity index (χ3n) is 2.63. The van der Waals surface area contributed by atoms with Crippen LogP contribution in [-0.4, -0.2) is 4.92 Å². The summed E-state index contributed by atoms with van der Waals surface area (Å²) in [6.07, 6.45) is 0. The number of nitro benzene ring substituents is 1. The molecule has 1 N–H and O–H groups in total. The van der Waals surface area contributed by atoms with Gasteiger partial charge in [0.15, 0.2) is 0 Å². The van der Waals surface area contributed by atoms with Gasteiger partial charge in [0.25, 0.3) is 5.69 Å². The van der Waals surface area contributed by atoms with E-state index >= 15 is 0 Å². The maximum Gasteiger partial charge on any atom is 0.270 e. The lowest BCUT2D eigenvalue weighted by molar-refractivity contribution is -0.385. The average Bonchev–Trinajstić information content (AvgIpc) is 2.36. The number of anilines is 1. The summed E-state index contributed by atoms with van der Waals surface area (Å²) in [4.78, 5) is 10.5. The number of nitro groups is 1. The van der Waals surface area contributed by atoms with Crippen LogP contribution in [0.2, 0.25) is 0 Å². The fourth-order valence-electron chi connectivity index (χ4n) is 1.74. The minimum atomic E-state index is -0.403. The van der Waals surface area contributed by atoms with Gasteiger partial charge in [0.2, 0.25) is 0 Å². The molecule has 0 aromatic heterocycles. The summed E-state index contributed by atoms with van der Waals surface area (Å²) >= 11 is 13.7. The normalized spacial score (nSPS) is 10.5. The van der Waals surface area contributed by atoms with Gasteiger partial charge in [0, 0.05) is 36.6 Å². The van der Waals surface area contributed by atoms with Crippen molar-refractivity contribution >= 4 is 75.1 Å². The molecule has 0 saturated heterocycles. The standard InChI is InChI=1S/C13H8Br4N2O2/c14-8-1-7(2-10(3-8)19(20)21)6-18-13-11(16)4-9(15)5-12(13)17/h1-5,18H,6H2. The van der Waals surface area contributed by atoms with Crippen LogP contribution in [0.4, 0.5) is 11.4 Å². The van der Waals surface area contributed by atoms with Crippen LogP contribution in [0.1, 0.15) is 5.56 Å². The molecule has 0 atom stereocenters. The number of nitrogens with zero attached hydrogens (tertiary/aromatic N) is 1. The number of non-ortho nitro benzene ring substituents is 1. The first-order chi connectivity index (χ1) is 9.86. The fourth-order valence-corrected chi connectivity index (χ4v) is 4.81. The molecule has 0 radical (unpaired) electrons. The molecule has 2 aromatic carbocycles. The van der Waals surface area contributed by atoms with E-state index in [1.807, 2.05) is 18.2 Å². The lowest BCUT2D eigenvalue weighted by Crippen LogP contribution is -2.02. The van der Waals surface area contributed by atoms with Crippen LogP contribution in [0.3, 0.4) is 0 Å². The number of hydrogen-bond acceptors (Lipinski definition) is 3. The summed E-state index contributed by atoms with van der Waals surface area (Å²) in [6, 6.07) is 8.74. The third-order valence-corrected chi connectivity index (χ3v) is 4.80. The van der Waals surface area contributed by atoms with E-state index < -0.39 is 4.92 Å². The highest BCUT2D eigenvalue weighted by molar-refractivity contribution is 9.11. The molecule has 0 saturated carbocycles. The topological polar surface area (TPSA) is 55.2 Å². The average molecular weight is 544 g/mol. The van der Waals surface area contributed by atoms with E-state index in [1.54, 1.807) is 6.07 Å². The lowest BCUT2D eigenvalue weighted by Gasteiger charge is -2.12. The Kier molecular flexibility index (Phi) is 5.81. The molecule has 4 nitrogen and oxygen atoms in total. The quantitative estimate of drug-likeness (QED) is 0.366. The van der Waals surface area contributed by atoms with Crippen molar-refractivity contribution in [3.8, 4) is 0 Å². The highest BCUT2D eigenvalue weighted by Gasteiger charge is 2.10. The summed E-state index contributed by atoms with van der Waals surface area (Å²) in [5, 5.41) is 14.1. The first kappa shape index (κ1) is 16.9. The maximum atomic E-state index is 10.9. The smallest absolute Gasteiger partial charge is 0.270 e. The van der Waals surface area contributed by atoms with Gasteiger partial charge in [-0.05, 0) is 55.6 Å². The highest BCUT2D eigenvalue weighted by Crippen LogP contribution is 2.34.